The molecule has 0 spiro atoms. The standard InChI is InChI=1S/C34H62O4/c1-3-5-7-9-11-13-15-17-18-20-22-24-26-28-30-37-32-33(31-35)38-34(36)29-27-25-23-21-19-16-14-12-10-8-6-4-2/h7,9,12-15,33,35H,3-6,8,10-11,16-32H2,1-2H3/b9-7-,14-12-,15-13-. The molecule has 38 heavy (non-hydrogen) atoms. The summed E-state index contributed by atoms with van der Waals surface area (Å²) in [5.41, 5.74) is 0. The number of carbonyl (C=O) groups is 1. The molecule has 1 atom stereocenters. The SMILES string of the molecule is CCC/C=C\C/C=C\CCCCCCCCOCC(CO)OC(=O)CCCCCCC/C=C\CCCCC. The Bertz CT molecular complexity index is 567. The summed E-state index contributed by atoms with van der Waals surface area (Å²) in [7, 11) is 0. The topological polar surface area (TPSA) is 55.8 Å². The zero-order valence-corrected chi connectivity index (χ0v) is 25.2. The van der Waals surface area contributed by atoms with Gasteiger partial charge in [-0.3, -0.25) is 4.79 Å². The highest BCUT2D eigenvalue weighted by Gasteiger charge is 2.13. The molecule has 0 radical (unpaired) electrons. The smallest absolute Gasteiger partial charge is 0.306 e. The third kappa shape index (κ3) is 29.2. The summed E-state index contributed by atoms with van der Waals surface area (Å²) < 4.78 is 11.0. The molecule has 0 aliphatic heterocycles. The van der Waals surface area contributed by atoms with Crippen LogP contribution < -0.4 is 0 Å². The minimum absolute atomic E-state index is 0.179. The summed E-state index contributed by atoms with van der Waals surface area (Å²) in [6.45, 7) is 5.22. The summed E-state index contributed by atoms with van der Waals surface area (Å²) in [5.74, 6) is -0.217. The van der Waals surface area contributed by atoms with Crippen molar-refractivity contribution in [2.75, 3.05) is 19.8 Å². The van der Waals surface area contributed by atoms with Crippen molar-refractivity contribution >= 4 is 5.97 Å². The lowest BCUT2D eigenvalue weighted by Gasteiger charge is -2.15. The van der Waals surface area contributed by atoms with Crippen molar-refractivity contribution in [3.05, 3.63) is 36.5 Å². The molecule has 0 heterocycles. The first kappa shape index (κ1) is 36.6. The highest BCUT2D eigenvalue weighted by molar-refractivity contribution is 5.69. The summed E-state index contributed by atoms with van der Waals surface area (Å²) in [6.07, 6.45) is 37.4. The number of unbranched alkanes of at least 4 members (excludes halogenated alkanes) is 15. The normalized spacial score (nSPS) is 12.8. The molecule has 0 bridgehead atoms. The molecule has 0 aliphatic rings. The van der Waals surface area contributed by atoms with Crippen molar-refractivity contribution in [2.24, 2.45) is 0 Å². The lowest BCUT2D eigenvalue weighted by Crippen LogP contribution is -2.27. The maximum atomic E-state index is 12.1. The Labute approximate surface area is 236 Å². The van der Waals surface area contributed by atoms with E-state index in [2.05, 4.69) is 50.3 Å². The van der Waals surface area contributed by atoms with Crippen LogP contribution in [0.25, 0.3) is 0 Å². The molecule has 1 N–H and O–H groups in total. The summed E-state index contributed by atoms with van der Waals surface area (Å²) in [4.78, 5) is 12.1. The summed E-state index contributed by atoms with van der Waals surface area (Å²) >= 11 is 0. The number of ether oxygens (including phenoxy) is 2. The van der Waals surface area contributed by atoms with Gasteiger partial charge in [-0.2, -0.15) is 0 Å². The van der Waals surface area contributed by atoms with Crippen molar-refractivity contribution in [1.82, 2.24) is 0 Å². The minimum Gasteiger partial charge on any atom is -0.457 e. The van der Waals surface area contributed by atoms with E-state index in [1.54, 1.807) is 0 Å². The number of allylic oxidation sites excluding steroid dienone is 6. The molecule has 0 aromatic carbocycles. The first-order valence-electron chi connectivity index (χ1n) is 16.1. The van der Waals surface area contributed by atoms with Crippen LogP contribution in [-0.2, 0) is 14.3 Å². The molecular formula is C34H62O4. The van der Waals surface area contributed by atoms with E-state index < -0.39 is 6.10 Å². The molecule has 0 amide bonds. The van der Waals surface area contributed by atoms with Gasteiger partial charge in [-0.15, -0.1) is 0 Å². The number of carbonyl (C=O) groups excluding carboxylic acids is 1. The van der Waals surface area contributed by atoms with E-state index in [0.29, 0.717) is 13.0 Å². The predicted molar refractivity (Wildman–Crippen MR) is 164 cm³/mol. The molecule has 0 aromatic rings. The molecule has 0 saturated heterocycles. The Balaban J connectivity index is 3.49. The van der Waals surface area contributed by atoms with E-state index in [1.165, 1.54) is 89.9 Å². The van der Waals surface area contributed by atoms with Gasteiger partial charge in [-0.25, -0.2) is 0 Å². The fourth-order valence-electron chi connectivity index (χ4n) is 4.24. The van der Waals surface area contributed by atoms with Gasteiger partial charge in [0.1, 0.15) is 6.10 Å². The van der Waals surface area contributed by atoms with E-state index in [9.17, 15) is 9.90 Å². The molecule has 0 fully saturated rings. The van der Waals surface area contributed by atoms with Gasteiger partial charge < -0.3 is 14.6 Å². The number of rotatable bonds is 29. The molecular weight excluding hydrogens is 472 g/mol. The second kappa shape index (κ2) is 31.8. The lowest BCUT2D eigenvalue weighted by molar-refractivity contribution is -0.154. The predicted octanol–water partition coefficient (Wildman–Crippen LogP) is 9.81. The number of aliphatic hydroxyl groups is 1. The summed E-state index contributed by atoms with van der Waals surface area (Å²) in [6, 6.07) is 0. The minimum atomic E-state index is -0.540. The molecule has 222 valence electrons. The first-order valence-corrected chi connectivity index (χ1v) is 16.1. The monoisotopic (exact) mass is 534 g/mol. The van der Waals surface area contributed by atoms with Crippen LogP contribution in [-0.4, -0.2) is 37.0 Å². The van der Waals surface area contributed by atoms with Crippen LogP contribution >= 0.6 is 0 Å². The van der Waals surface area contributed by atoms with E-state index in [1.807, 2.05) is 0 Å². The zero-order valence-electron chi connectivity index (χ0n) is 25.2. The van der Waals surface area contributed by atoms with E-state index in [4.69, 9.17) is 9.47 Å². The fraction of sp³-hybridized carbons (Fsp3) is 0.794. The average molecular weight is 535 g/mol. The van der Waals surface area contributed by atoms with Gasteiger partial charge in [0.15, 0.2) is 0 Å². The molecule has 4 nitrogen and oxygen atoms in total. The van der Waals surface area contributed by atoms with Crippen LogP contribution in [0.2, 0.25) is 0 Å². The van der Waals surface area contributed by atoms with Gasteiger partial charge in [-0.1, -0.05) is 115 Å². The molecule has 0 aliphatic carbocycles. The summed E-state index contributed by atoms with van der Waals surface area (Å²) in [5, 5.41) is 9.50. The van der Waals surface area contributed by atoms with Gasteiger partial charge in [0.05, 0.1) is 13.2 Å². The van der Waals surface area contributed by atoms with E-state index >= 15 is 0 Å². The Kier molecular flexibility index (Phi) is 30.7. The Hall–Kier alpha value is -1.39. The molecule has 0 aromatic heterocycles. The number of aliphatic hydroxyl groups excluding tert-OH is 1. The van der Waals surface area contributed by atoms with Crippen LogP contribution in [0.5, 0.6) is 0 Å². The number of hydrogen-bond donors (Lipinski definition) is 1. The quantitative estimate of drug-likeness (QED) is 0.0589. The van der Waals surface area contributed by atoms with Crippen molar-refractivity contribution in [1.29, 1.82) is 0 Å². The van der Waals surface area contributed by atoms with Crippen molar-refractivity contribution in [3.63, 3.8) is 0 Å². The lowest BCUT2D eigenvalue weighted by atomic mass is 10.1. The fourth-order valence-corrected chi connectivity index (χ4v) is 4.24. The Morgan fingerprint density at radius 2 is 1.16 bits per heavy atom. The number of esters is 1. The molecule has 0 rings (SSSR count). The van der Waals surface area contributed by atoms with Crippen molar-refractivity contribution in [3.8, 4) is 0 Å². The van der Waals surface area contributed by atoms with Gasteiger partial charge in [0.2, 0.25) is 0 Å². The first-order chi connectivity index (χ1) is 18.7. The van der Waals surface area contributed by atoms with Gasteiger partial charge >= 0.3 is 5.97 Å². The molecule has 0 saturated carbocycles. The second-order valence-electron chi connectivity index (χ2n) is 10.5. The van der Waals surface area contributed by atoms with E-state index in [0.717, 1.165) is 38.5 Å². The maximum absolute atomic E-state index is 12.1. The van der Waals surface area contributed by atoms with Crippen LogP contribution in [0.15, 0.2) is 36.5 Å². The third-order valence-electron chi connectivity index (χ3n) is 6.67. The van der Waals surface area contributed by atoms with E-state index in [-0.39, 0.29) is 19.2 Å². The van der Waals surface area contributed by atoms with Crippen LogP contribution in [0.3, 0.4) is 0 Å². The van der Waals surface area contributed by atoms with Crippen LogP contribution in [0.1, 0.15) is 149 Å². The van der Waals surface area contributed by atoms with Gasteiger partial charge in [0, 0.05) is 13.0 Å². The molecule has 4 heteroatoms. The second-order valence-corrected chi connectivity index (χ2v) is 10.5. The highest BCUT2D eigenvalue weighted by Crippen LogP contribution is 2.11. The number of hydrogen-bond acceptors (Lipinski definition) is 4. The van der Waals surface area contributed by atoms with Crippen molar-refractivity contribution in [2.45, 2.75) is 155 Å². The maximum Gasteiger partial charge on any atom is 0.306 e. The average Bonchev–Trinajstić information content (AvgIpc) is 2.92. The van der Waals surface area contributed by atoms with Gasteiger partial charge in [0.25, 0.3) is 0 Å². The third-order valence-corrected chi connectivity index (χ3v) is 6.67. The Morgan fingerprint density at radius 3 is 1.76 bits per heavy atom. The Morgan fingerprint density at radius 1 is 0.632 bits per heavy atom. The van der Waals surface area contributed by atoms with Crippen LogP contribution in [0.4, 0.5) is 0 Å². The highest BCUT2D eigenvalue weighted by atomic mass is 16.6. The largest absolute Gasteiger partial charge is 0.457 e. The van der Waals surface area contributed by atoms with Gasteiger partial charge in [-0.05, 0) is 64.2 Å². The van der Waals surface area contributed by atoms with Crippen molar-refractivity contribution < 1.29 is 19.4 Å². The van der Waals surface area contributed by atoms with Crippen LogP contribution in [0, 0.1) is 0 Å². The zero-order chi connectivity index (χ0) is 27.8. The molecule has 1 unspecified atom stereocenters.